The largest absolute Gasteiger partial charge is 0.494 e. The molecule has 0 aliphatic heterocycles. The van der Waals surface area contributed by atoms with Gasteiger partial charge in [-0.15, -0.1) is 11.3 Å². The van der Waals surface area contributed by atoms with Crippen LogP contribution in [0.25, 0.3) is 10.2 Å². The number of thiophene rings is 1. The van der Waals surface area contributed by atoms with Crippen molar-refractivity contribution in [3.8, 4) is 5.75 Å². The van der Waals surface area contributed by atoms with E-state index in [0.717, 1.165) is 52.6 Å². The molecule has 1 atom stereocenters. The Kier molecular flexibility index (Phi) is 6.07. The zero-order valence-corrected chi connectivity index (χ0v) is 18.0. The third-order valence-corrected chi connectivity index (χ3v) is 7.32. The van der Waals surface area contributed by atoms with Crippen molar-refractivity contribution in [3.05, 3.63) is 50.6 Å². The van der Waals surface area contributed by atoms with E-state index in [1.807, 2.05) is 12.1 Å². The van der Waals surface area contributed by atoms with Crippen LogP contribution in [-0.4, -0.2) is 22.3 Å². The monoisotopic (exact) mass is 414 g/mol. The number of nitrogens with zero attached hydrogens (tertiary/aromatic N) is 1. The average Bonchev–Trinajstić information content (AvgIpc) is 3.03. The normalized spacial score (nSPS) is 16.3. The van der Waals surface area contributed by atoms with E-state index in [4.69, 9.17) is 9.72 Å². The number of unbranched alkanes of at least 4 members (excludes halogenated alkanes) is 1. The van der Waals surface area contributed by atoms with E-state index in [1.165, 1.54) is 22.4 Å². The lowest BCUT2D eigenvalue weighted by Gasteiger charge is -2.17. The molecule has 4 rings (SSSR count). The number of aromatic nitrogens is 2. The molecule has 0 saturated carbocycles. The van der Waals surface area contributed by atoms with E-state index in [1.54, 1.807) is 23.1 Å². The molecule has 3 aromatic rings. The van der Waals surface area contributed by atoms with E-state index >= 15 is 0 Å². The van der Waals surface area contributed by atoms with Gasteiger partial charge in [0.05, 0.1) is 12.0 Å². The summed E-state index contributed by atoms with van der Waals surface area (Å²) >= 11 is 3.34. The number of aryl methyl sites for hydroxylation is 2. The molecular formula is C22H26N2O2S2. The van der Waals surface area contributed by atoms with Gasteiger partial charge in [0, 0.05) is 10.6 Å². The Morgan fingerprint density at radius 3 is 2.93 bits per heavy atom. The number of nitrogens with one attached hydrogen (secondary N) is 1. The summed E-state index contributed by atoms with van der Waals surface area (Å²) in [5.74, 6) is 2.55. The fourth-order valence-electron chi connectivity index (χ4n) is 3.59. The maximum atomic E-state index is 12.6. The number of thioether (sulfide) groups is 1. The predicted octanol–water partition coefficient (Wildman–Crippen LogP) is 5.37. The molecule has 0 fully saturated rings. The molecule has 0 bridgehead atoms. The molecule has 148 valence electrons. The summed E-state index contributed by atoms with van der Waals surface area (Å²) in [4.78, 5) is 22.6. The SMILES string of the molecule is Cc1ccc(OCCCCSc2nc3sc4c(c3c(=O)[nH]2)CC[C@H](C)C4)cc1. The summed E-state index contributed by atoms with van der Waals surface area (Å²) in [6.45, 7) is 5.07. The van der Waals surface area contributed by atoms with Gasteiger partial charge in [0.25, 0.3) is 5.56 Å². The zero-order chi connectivity index (χ0) is 19.5. The van der Waals surface area contributed by atoms with Gasteiger partial charge in [0.1, 0.15) is 10.6 Å². The molecule has 0 spiro atoms. The first kappa shape index (κ1) is 19.5. The molecule has 28 heavy (non-hydrogen) atoms. The summed E-state index contributed by atoms with van der Waals surface area (Å²) < 4.78 is 5.76. The minimum atomic E-state index is 0.0299. The maximum absolute atomic E-state index is 12.6. The molecule has 0 amide bonds. The number of hydrogen-bond donors (Lipinski definition) is 1. The number of fused-ring (bicyclic) bond motifs is 3. The van der Waals surface area contributed by atoms with Gasteiger partial charge in [0.15, 0.2) is 5.16 Å². The molecule has 0 saturated heterocycles. The molecule has 1 aromatic carbocycles. The Morgan fingerprint density at radius 1 is 1.29 bits per heavy atom. The molecule has 6 heteroatoms. The fraction of sp³-hybridized carbons (Fsp3) is 0.455. The molecule has 4 nitrogen and oxygen atoms in total. The number of rotatable bonds is 7. The van der Waals surface area contributed by atoms with E-state index in [9.17, 15) is 4.79 Å². The van der Waals surface area contributed by atoms with Crippen molar-refractivity contribution in [2.45, 2.75) is 51.1 Å². The van der Waals surface area contributed by atoms with Crippen molar-refractivity contribution in [3.63, 3.8) is 0 Å². The quantitative estimate of drug-likeness (QED) is 0.321. The van der Waals surface area contributed by atoms with Crippen LogP contribution in [0.15, 0.2) is 34.2 Å². The van der Waals surface area contributed by atoms with Crippen LogP contribution in [-0.2, 0) is 12.8 Å². The Hall–Kier alpha value is -1.79. The average molecular weight is 415 g/mol. The van der Waals surface area contributed by atoms with Gasteiger partial charge in [-0.2, -0.15) is 0 Å². The molecule has 0 radical (unpaired) electrons. The summed E-state index contributed by atoms with van der Waals surface area (Å²) in [7, 11) is 0. The lowest BCUT2D eigenvalue weighted by molar-refractivity contribution is 0.310. The van der Waals surface area contributed by atoms with Gasteiger partial charge >= 0.3 is 0 Å². The van der Waals surface area contributed by atoms with Crippen molar-refractivity contribution < 1.29 is 4.74 Å². The van der Waals surface area contributed by atoms with Gasteiger partial charge in [-0.3, -0.25) is 4.79 Å². The first-order chi connectivity index (χ1) is 13.6. The Bertz CT molecular complexity index is 1010. The number of hydrogen-bond acceptors (Lipinski definition) is 5. The second-order valence-electron chi connectivity index (χ2n) is 7.62. The zero-order valence-electron chi connectivity index (χ0n) is 16.4. The van der Waals surface area contributed by atoms with Crippen molar-refractivity contribution >= 4 is 33.3 Å². The number of ether oxygens (including phenoxy) is 1. The van der Waals surface area contributed by atoms with E-state index < -0.39 is 0 Å². The van der Waals surface area contributed by atoms with Gasteiger partial charge in [0.2, 0.25) is 0 Å². The van der Waals surface area contributed by atoms with Gasteiger partial charge in [-0.05, 0) is 62.6 Å². The number of H-pyrrole nitrogens is 1. The Labute approximate surface area is 173 Å². The van der Waals surface area contributed by atoms with Crippen molar-refractivity contribution in [1.29, 1.82) is 0 Å². The minimum absolute atomic E-state index is 0.0299. The highest BCUT2D eigenvalue weighted by atomic mass is 32.2. The first-order valence-corrected chi connectivity index (χ1v) is 11.8. The van der Waals surface area contributed by atoms with Gasteiger partial charge < -0.3 is 9.72 Å². The summed E-state index contributed by atoms with van der Waals surface area (Å²) in [6, 6.07) is 8.14. The minimum Gasteiger partial charge on any atom is -0.494 e. The molecule has 1 aliphatic carbocycles. The van der Waals surface area contributed by atoms with Gasteiger partial charge in [-0.25, -0.2) is 4.98 Å². The topological polar surface area (TPSA) is 55.0 Å². The molecule has 1 N–H and O–H groups in total. The third-order valence-electron chi connectivity index (χ3n) is 5.21. The lowest BCUT2D eigenvalue weighted by Crippen LogP contribution is -2.13. The van der Waals surface area contributed by atoms with E-state index in [0.29, 0.717) is 12.5 Å². The highest BCUT2D eigenvalue weighted by Gasteiger charge is 2.22. The molecule has 2 aromatic heterocycles. The van der Waals surface area contributed by atoms with Crippen LogP contribution >= 0.6 is 23.1 Å². The summed E-state index contributed by atoms with van der Waals surface area (Å²) in [5, 5.41) is 1.58. The van der Waals surface area contributed by atoms with Crippen molar-refractivity contribution in [2.24, 2.45) is 5.92 Å². The van der Waals surface area contributed by atoms with Crippen LogP contribution in [0.1, 0.15) is 42.2 Å². The third kappa shape index (κ3) is 4.44. The lowest BCUT2D eigenvalue weighted by atomic mass is 9.89. The molecule has 2 heterocycles. The Morgan fingerprint density at radius 2 is 2.11 bits per heavy atom. The highest BCUT2D eigenvalue weighted by molar-refractivity contribution is 7.99. The molecular weight excluding hydrogens is 388 g/mol. The van der Waals surface area contributed by atoms with Crippen LogP contribution in [0.5, 0.6) is 5.75 Å². The fourth-order valence-corrected chi connectivity index (χ4v) is 5.90. The predicted molar refractivity (Wildman–Crippen MR) is 118 cm³/mol. The number of benzene rings is 1. The van der Waals surface area contributed by atoms with E-state index in [-0.39, 0.29) is 5.56 Å². The standard InChI is InChI=1S/C22H26N2O2S2/c1-14-5-8-16(9-6-14)26-11-3-4-12-27-22-23-20(25)19-17-10-7-15(2)13-18(17)28-21(19)24-22/h5-6,8-9,15H,3-4,7,10-13H2,1-2H3,(H,23,24,25)/t15-/m0/s1. The maximum Gasteiger partial charge on any atom is 0.260 e. The summed E-state index contributed by atoms with van der Waals surface area (Å²) in [6.07, 6.45) is 5.27. The smallest absolute Gasteiger partial charge is 0.260 e. The van der Waals surface area contributed by atoms with Crippen molar-refractivity contribution in [2.75, 3.05) is 12.4 Å². The highest BCUT2D eigenvalue weighted by Crippen LogP contribution is 2.36. The number of aromatic amines is 1. The van der Waals surface area contributed by atoms with Crippen LogP contribution in [0.3, 0.4) is 0 Å². The first-order valence-electron chi connectivity index (χ1n) is 9.97. The second-order valence-corrected chi connectivity index (χ2v) is 9.79. The van der Waals surface area contributed by atoms with Gasteiger partial charge in [-0.1, -0.05) is 36.4 Å². The van der Waals surface area contributed by atoms with Crippen LogP contribution < -0.4 is 10.3 Å². The second kappa shape index (κ2) is 8.70. The molecule has 1 aliphatic rings. The Balaban J connectivity index is 1.30. The van der Waals surface area contributed by atoms with Crippen LogP contribution in [0, 0.1) is 12.8 Å². The van der Waals surface area contributed by atoms with E-state index in [2.05, 4.69) is 31.0 Å². The molecule has 0 unspecified atom stereocenters. The van der Waals surface area contributed by atoms with Crippen molar-refractivity contribution in [1.82, 2.24) is 9.97 Å². The van der Waals surface area contributed by atoms with Crippen LogP contribution in [0.4, 0.5) is 0 Å². The summed E-state index contributed by atoms with van der Waals surface area (Å²) in [5.41, 5.74) is 2.52. The van der Waals surface area contributed by atoms with Crippen LogP contribution in [0.2, 0.25) is 0 Å².